The molecule has 7 nitrogen and oxygen atoms in total. The first kappa shape index (κ1) is 32.2. The van der Waals surface area contributed by atoms with Crippen LogP contribution in [-0.2, 0) is 19.4 Å². The van der Waals surface area contributed by atoms with Crippen LogP contribution in [0.2, 0.25) is 0 Å². The van der Waals surface area contributed by atoms with Crippen LogP contribution >= 0.6 is 0 Å². The number of sulfone groups is 1. The molecule has 0 aromatic heterocycles. The fourth-order valence-corrected chi connectivity index (χ4v) is 7.64. The lowest BCUT2D eigenvalue weighted by Crippen LogP contribution is -2.56. The molecule has 0 spiro atoms. The molecule has 8 heteroatoms. The van der Waals surface area contributed by atoms with Gasteiger partial charge in [0.2, 0.25) is 11.8 Å². The Hall–Kier alpha value is -2.71. The molecule has 2 fully saturated rings. The van der Waals surface area contributed by atoms with Crippen LogP contribution in [0.1, 0.15) is 84.4 Å². The van der Waals surface area contributed by atoms with E-state index in [-0.39, 0.29) is 23.9 Å². The van der Waals surface area contributed by atoms with E-state index in [1.807, 2.05) is 35.2 Å². The SMILES string of the molecule is CC(=O)N1CCC(CC(=O)N2CCN(C(c3ccccc3)c3ccc(S(=O)(=O)C(C)(C)C)cc3)CC2CC(C)C)CC1. The van der Waals surface area contributed by atoms with E-state index in [4.69, 9.17) is 0 Å². The molecule has 2 atom stereocenters. The van der Waals surface area contributed by atoms with Gasteiger partial charge < -0.3 is 9.80 Å². The molecule has 2 saturated heterocycles. The summed E-state index contributed by atoms with van der Waals surface area (Å²) in [6.07, 6.45) is 3.25. The summed E-state index contributed by atoms with van der Waals surface area (Å²) in [6, 6.07) is 17.8. The van der Waals surface area contributed by atoms with Crippen LogP contribution in [0.3, 0.4) is 0 Å². The van der Waals surface area contributed by atoms with Crippen LogP contribution in [0.4, 0.5) is 0 Å². The van der Waals surface area contributed by atoms with Crippen LogP contribution < -0.4 is 0 Å². The van der Waals surface area contributed by atoms with Gasteiger partial charge in [-0.15, -0.1) is 0 Å². The number of nitrogens with zero attached hydrogens (tertiary/aromatic N) is 3. The van der Waals surface area contributed by atoms with Gasteiger partial charge in [-0.05, 0) is 75.1 Å². The molecule has 0 N–H and O–H groups in total. The molecule has 2 heterocycles. The fraction of sp³-hybridized carbons (Fsp3) is 0.588. The molecule has 0 bridgehead atoms. The van der Waals surface area contributed by atoms with Crippen molar-refractivity contribution in [2.24, 2.45) is 11.8 Å². The van der Waals surface area contributed by atoms with Crippen LogP contribution in [0.5, 0.6) is 0 Å². The molecule has 2 unspecified atom stereocenters. The number of piperazine rings is 1. The number of benzene rings is 2. The van der Waals surface area contributed by atoms with Crippen molar-refractivity contribution in [3.05, 3.63) is 65.7 Å². The van der Waals surface area contributed by atoms with Crippen molar-refractivity contribution in [3.63, 3.8) is 0 Å². The zero-order valence-electron chi connectivity index (χ0n) is 26.3. The Kier molecular flexibility index (Phi) is 10.2. The lowest BCUT2D eigenvalue weighted by Gasteiger charge is -2.46. The van der Waals surface area contributed by atoms with E-state index < -0.39 is 14.6 Å². The van der Waals surface area contributed by atoms with Crippen molar-refractivity contribution >= 4 is 21.7 Å². The van der Waals surface area contributed by atoms with Gasteiger partial charge in [-0.1, -0.05) is 56.3 Å². The summed E-state index contributed by atoms with van der Waals surface area (Å²) in [5.41, 5.74) is 2.21. The third kappa shape index (κ3) is 7.43. The highest BCUT2D eigenvalue weighted by atomic mass is 32.2. The van der Waals surface area contributed by atoms with Gasteiger partial charge in [0, 0.05) is 52.1 Å². The highest BCUT2D eigenvalue weighted by Gasteiger charge is 2.36. The van der Waals surface area contributed by atoms with E-state index in [1.54, 1.807) is 39.8 Å². The first-order valence-corrected chi connectivity index (χ1v) is 16.9. The zero-order valence-corrected chi connectivity index (χ0v) is 27.1. The van der Waals surface area contributed by atoms with Gasteiger partial charge in [0.05, 0.1) is 15.7 Å². The number of carbonyl (C=O) groups is 2. The molecule has 0 saturated carbocycles. The summed E-state index contributed by atoms with van der Waals surface area (Å²) in [4.78, 5) is 32.2. The van der Waals surface area contributed by atoms with E-state index in [2.05, 4.69) is 35.8 Å². The second kappa shape index (κ2) is 13.3. The Morgan fingerprint density at radius 3 is 2.02 bits per heavy atom. The number of carbonyl (C=O) groups excluding carboxylic acids is 2. The maximum absolute atomic E-state index is 13.7. The van der Waals surface area contributed by atoms with Gasteiger partial charge in [0.1, 0.15) is 0 Å². The normalized spacial score (nSPS) is 20.1. The van der Waals surface area contributed by atoms with Gasteiger partial charge in [-0.25, -0.2) is 8.42 Å². The Morgan fingerprint density at radius 2 is 1.48 bits per heavy atom. The van der Waals surface area contributed by atoms with E-state index in [0.717, 1.165) is 56.6 Å². The predicted molar refractivity (Wildman–Crippen MR) is 168 cm³/mol. The largest absolute Gasteiger partial charge is 0.343 e. The minimum Gasteiger partial charge on any atom is -0.343 e. The average Bonchev–Trinajstić information content (AvgIpc) is 2.93. The lowest BCUT2D eigenvalue weighted by atomic mass is 9.91. The van der Waals surface area contributed by atoms with Gasteiger partial charge in [0.25, 0.3) is 0 Å². The standard InChI is InChI=1S/C34H49N3O4S/c1-25(2)22-30-24-36(20-21-37(30)32(39)23-27-16-18-35(19-17-27)26(3)38)33(28-10-8-7-9-11-28)29-12-14-31(15-13-29)42(40,41)34(4,5)6/h7-15,25,27,30,33H,16-24H2,1-6H3. The van der Waals surface area contributed by atoms with Crippen molar-refractivity contribution in [1.29, 1.82) is 0 Å². The molecular formula is C34H49N3O4S. The summed E-state index contributed by atoms with van der Waals surface area (Å²) in [5.74, 6) is 1.12. The van der Waals surface area contributed by atoms with Crippen LogP contribution in [-0.4, -0.2) is 78.4 Å². The number of amides is 2. The lowest BCUT2D eigenvalue weighted by molar-refractivity contribution is -0.138. The Labute approximate surface area is 253 Å². The molecule has 4 rings (SSSR count). The molecule has 0 aliphatic carbocycles. The second-order valence-corrected chi connectivity index (χ2v) is 16.2. The van der Waals surface area contributed by atoms with Crippen molar-refractivity contribution in [3.8, 4) is 0 Å². The van der Waals surface area contributed by atoms with E-state index in [9.17, 15) is 18.0 Å². The van der Waals surface area contributed by atoms with Crippen LogP contribution in [0.25, 0.3) is 0 Å². The molecule has 230 valence electrons. The molecule has 2 aromatic carbocycles. The number of piperidine rings is 1. The van der Waals surface area contributed by atoms with Gasteiger partial charge in [-0.2, -0.15) is 0 Å². The van der Waals surface area contributed by atoms with Crippen LogP contribution in [0, 0.1) is 11.8 Å². The number of hydrogen-bond acceptors (Lipinski definition) is 5. The van der Waals surface area contributed by atoms with Crippen molar-refractivity contribution < 1.29 is 18.0 Å². The van der Waals surface area contributed by atoms with Crippen molar-refractivity contribution in [2.75, 3.05) is 32.7 Å². The predicted octanol–water partition coefficient (Wildman–Crippen LogP) is 5.56. The molecule has 2 aliphatic rings. The Morgan fingerprint density at radius 1 is 0.881 bits per heavy atom. The molecule has 2 aromatic rings. The minimum absolute atomic E-state index is 0.0413. The van der Waals surface area contributed by atoms with E-state index >= 15 is 0 Å². The monoisotopic (exact) mass is 595 g/mol. The summed E-state index contributed by atoms with van der Waals surface area (Å²) in [5, 5.41) is 0. The maximum Gasteiger partial charge on any atom is 0.223 e. The Bertz CT molecular complexity index is 1310. The number of likely N-dealkylation sites (tertiary alicyclic amines) is 1. The van der Waals surface area contributed by atoms with E-state index in [0.29, 0.717) is 29.7 Å². The molecule has 2 aliphatic heterocycles. The first-order chi connectivity index (χ1) is 19.8. The minimum atomic E-state index is -3.44. The van der Waals surface area contributed by atoms with Gasteiger partial charge >= 0.3 is 0 Å². The van der Waals surface area contributed by atoms with Gasteiger partial charge in [-0.3, -0.25) is 14.5 Å². The second-order valence-electron chi connectivity index (χ2n) is 13.5. The molecular weight excluding hydrogens is 546 g/mol. The Balaban J connectivity index is 1.55. The fourth-order valence-electron chi connectivity index (χ4n) is 6.44. The summed E-state index contributed by atoms with van der Waals surface area (Å²) in [7, 11) is -3.44. The summed E-state index contributed by atoms with van der Waals surface area (Å²) in [6.45, 7) is 14.9. The van der Waals surface area contributed by atoms with E-state index in [1.165, 1.54) is 0 Å². The van der Waals surface area contributed by atoms with Crippen LogP contribution in [0.15, 0.2) is 59.5 Å². The van der Waals surface area contributed by atoms with Crippen molar-refractivity contribution in [2.45, 2.75) is 89.0 Å². The molecule has 2 amide bonds. The van der Waals surface area contributed by atoms with Gasteiger partial charge in [0.15, 0.2) is 9.84 Å². The summed E-state index contributed by atoms with van der Waals surface area (Å²) < 4.78 is 25.3. The number of hydrogen-bond donors (Lipinski definition) is 0. The highest BCUT2D eigenvalue weighted by Crippen LogP contribution is 2.34. The smallest absolute Gasteiger partial charge is 0.223 e. The summed E-state index contributed by atoms with van der Waals surface area (Å²) >= 11 is 0. The first-order valence-electron chi connectivity index (χ1n) is 15.5. The topological polar surface area (TPSA) is 78.0 Å². The maximum atomic E-state index is 13.7. The third-order valence-corrected chi connectivity index (χ3v) is 11.4. The highest BCUT2D eigenvalue weighted by molar-refractivity contribution is 7.92. The third-order valence-electron chi connectivity index (χ3n) is 8.89. The molecule has 42 heavy (non-hydrogen) atoms. The average molecular weight is 596 g/mol. The van der Waals surface area contributed by atoms with Crippen molar-refractivity contribution in [1.82, 2.24) is 14.7 Å². The molecule has 0 radical (unpaired) electrons. The number of rotatable bonds is 8. The quantitative estimate of drug-likeness (QED) is 0.400. The zero-order chi connectivity index (χ0) is 30.7.